The molecule has 1 fully saturated rings. The molecule has 1 aromatic rings. The van der Waals surface area contributed by atoms with Gasteiger partial charge in [0.2, 0.25) is 5.91 Å². The van der Waals surface area contributed by atoms with Crippen molar-refractivity contribution in [2.24, 2.45) is 0 Å². The standard InChI is InChI=1S/C16H23N3O2/c1-12(20)14-7-3-4-8-15(14)18-16(21)11-19(2)10-13-6-5-9-17-13/h3-4,7-8,13,17H,5-6,9-11H2,1-2H3,(H,18,21). The first kappa shape index (κ1) is 15.7. The lowest BCUT2D eigenvalue weighted by Crippen LogP contribution is -2.39. The Labute approximate surface area is 125 Å². The number of benzene rings is 1. The maximum Gasteiger partial charge on any atom is 0.238 e. The second-order valence-electron chi connectivity index (χ2n) is 5.64. The zero-order chi connectivity index (χ0) is 15.2. The first-order valence-corrected chi connectivity index (χ1v) is 7.38. The SMILES string of the molecule is CC(=O)c1ccccc1NC(=O)CN(C)CC1CCCN1. The molecule has 114 valence electrons. The minimum absolute atomic E-state index is 0.0468. The number of hydrogen-bond acceptors (Lipinski definition) is 4. The van der Waals surface area contributed by atoms with Crippen LogP contribution in [0.3, 0.4) is 0 Å². The smallest absolute Gasteiger partial charge is 0.238 e. The average molecular weight is 289 g/mol. The van der Waals surface area contributed by atoms with E-state index in [1.807, 2.05) is 18.0 Å². The number of hydrogen-bond donors (Lipinski definition) is 2. The minimum atomic E-state index is -0.0933. The number of likely N-dealkylation sites (N-methyl/N-ethyl adjacent to an activating group) is 1. The summed E-state index contributed by atoms with van der Waals surface area (Å²) in [7, 11) is 1.94. The van der Waals surface area contributed by atoms with Crippen LogP contribution in [0.15, 0.2) is 24.3 Å². The number of carbonyl (C=O) groups is 2. The lowest BCUT2D eigenvalue weighted by Gasteiger charge is -2.20. The van der Waals surface area contributed by atoms with Crippen molar-refractivity contribution in [3.63, 3.8) is 0 Å². The van der Waals surface area contributed by atoms with Gasteiger partial charge in [-0.3, -0.25) is 14.5 Å². The van der Waals surface area contributed by atoms with E-state index in [9.17, 15) is 9.59 Å². The van der Waals surface area contributed by atoms with Gasteiger partial charge in [-0.2, -0.15) is 0 Å². The Balaban J connectivity index is 1.88. The molecule has 0 saturated carbocycles. The highest BCUT2D eigenvalue weighted by molar-refractivity contribution is 6.04. The maximum absolute atomic E-state index is 12.1. The van der Waals surface area contributed by atoms with Crippen molar-refractivity contribution in [2.45, 2.75) is 25.8 Å². The number of Topliss-reactive ketones (excluding diaryl/α,β-unsaturated/α-hetero) is 1. The van der Waals surface area contributed by atoms with Gasteiger partial charge in [0, 0.05) is 18.2 Å². The van der Waals surface area contributed by atoms with E-state index in [0.717, 1.165) is 13.1 Å². The third kappa shape index (κ3) is 4.65. The van der Waals surface area contributed by atoms with Crippen molar-refractivity contribution >= 4 is 17.4 Å². The summed E-state index contributed by atoms with van der Waals surface area (Å²) in [4.78, 5) is 25.6. The Morgan fingerprint density at radius 3 is 2.81 bits per heavy atom. The number of nitrogens with one attached hydrogen (secondary N) is 2. The van der Waals surface area contributed by atoms with Crippen LogP contribution >= 0.6 is 0 Å². The fraction of sp³-hybridized carbons (Fsp3) is 0.500. The number of carbonyl (C=O) groups excluding carboxylic acids is 2. The second kappa shape index (κ2) is 7.33. The highest BCUT2D eigenvalue weighted by Gasteiger charge is 2.17. The van der Waals surface area contributed by atoms with E-state index in [-0.39, 0.29) is 11.7 Å². The number of amides is 1. The lowest BCUT2D eigenvalue weighted by molar-refractivity contribution is -0.117. The molecule has 1 saturated heterocycles. The van der Waals surface area contributed by atoms with Crippen LogP contribution in [0, 0.1) is 0 Å². The molecule has 1 unspecified atom stereocenters. The molecule has 1 heterocycles. The number of ketones is 1. The van der Waals surface area contributed by atoms with Gasteiger partial charge in [0.05, 0.1) is 12.2 Å². The number of anilines is 1. The predicted molar refractivity (Wildman–Crippen MR) is 83.6 cm³/mol. The number of rotatable bonds is 6. The van der Waals surface area contributed by atoms with E-state index in [1.54, 1.807) is 18.2 Å². The largest absolute Gasteiger partial charge is 0.324 e. The predicted octanol–water partition coefficient (Wildman–Crippen LogP) is 1.51. The van der Waals surface area contributed by atoms with Gasteiger partial charge in [0.1, 0.15) is 0 Å². The summed E-state index contributed by atoms with van der Waals surface area (Å²) in [5, 5.41) is 6.24. The minimum Gasteiger partial charge on any atom is -0.324 e. The Hall–Kier alpha value is -1.72. The topological polar surface area (TPSA) is 61.4 Å². The van der Waals surface area contributed by atoms with E-state index in [4.69, 9.17) is 0 Å². The summed E-state index contributed by atoms with van der Waals surface area (Å²) in [6.07, 6.45) is 2.37. The molecule has 21 heavy (non-hydrogen) atoms. The maximum atomic E-state index is 12.1. The molecule has 5 nitrogen and oxygen atoms in total. The fourth-order valence-electron chi connectivity index (χ4n) is 2.69. The molecule has 1 atom stereocenters. The monoisotopic (exact) mass is 289 g/mol. The van der Waals surface area contributed by atoms with Gasteiger partial charge in [0.25, 0.3) is 0 Å². The van der Waals surface area contributed by atoms with Gasteiger partial charge >= 0.3 is 0 Å². The van der Waals surface area contributed by atoms with Crippen LogP contribution in [-0.2, 0) is 4.79 Å². The van der Waals surface area contributed by atoms with Gasteiger partial charge in [-0.25, -0.2) is 0 Å². The summed E-state index contributed by atoms with van der Waals surface area (Å²) in [5.41, 5.74) is 1.13. The first-order valence-electron chi connectivity index (χ1n) is 7.38. The van der Waals surface area contributed by atoms with Gasteiger partial charge in [-0.1, -0.05) is 12.1 Å². The molecule has 0 radical (unpaired) electrons. The summed E-state index contributed by atoms with van der Waals surface area (Å²) in [6, 6.07) is 7.57. The molecule has 1 aliphatic rings. The molecule has 0 spiro atoms. The van der Waals surface area contributed by atoms with Gasteiger partial charge < -0.3 is 10.6 Å². The first-order chi connectivity index (χ1) is 10.1. The van der Waals surface area contributed by atoms with Crippen LogP contribution < -0.4 is 10.6 Å². The van der Waals surface area contributed by atoms with E-state index in [0.29, 0.717) is 23.8 Å². The number of para-hydroxylation sites is 1. The molecule has 1 aliphatic heterocycles. The van der Waals surface area contributed by atoms with Crippen LogP contribution in [-0.4, -0.2) is 49.3 Å². The Morgan fingerprint density at radius 2 is 2.14 bits per heavy atom. The van der Waals surface area contributed by atoms with Crippen molar-refractivity contribution in [3.05, 3.63) is 29.8 Å². The van der Waals surface area contributed by atoms with Gasteiger partial charge in [-0.05, 0) is 45.5 Å². The van der Waals surface area contributed by atoms with Crippen LogP contribution in [0.4, 0.5) is 5.69 Å². The molecule has 5 heteroatoms. The van der Waals surface area contributed by atoms with E-state index in [1.165, 1.54) is 19.8 Å². The molecular formula is C16H23N3O2. The van der Waals surface area contributed by atoms with Crippen molar-refractivity contribution in [2.75, 3.05) is 32.0 Å². The summed E-state index contributed by atoms with van der Waals surface area (Å²) < 4.78 is 0. The Bertz CT molecular complexity index is 510. The Kier molecular flexibility index (Phi) is 5.47. The molecule has 0 bridgehead atoms. The molecule has 1 amide bonds. The third-order valence-electron chi connectivity index (χ3n) is 3.69. The highest BCUT2D eigenvalue weighted by atomic mass is 16.2. The average Bonchev–Trinajstić information content (AvgIpc) is 2.91. The van der Waals surface area contributed by atoms with Crippen LogP contribution in [0.25, 0.3) is 0 Å². The van der Waals surface area contributed by atoms with Crippen LogP contribution in [0.2, 0.25) is 0 Å². The van der Waals surface area contributed by atoms with Crippen molar-refractivity contribution in [1.82, 2.24) is 10.2 Å². The van der Waals surface area contributed by atoms with E-state index < -0.39 is 0 Å². The molecule has 1 aromatic carbocycles. The molecule has 2 rings (SSSR count). The Morgan fingerprint density at radius 1 is 1.38 bits per heavy atom. The number of nitrogens with zero attached hydrogens (tertiary/aromatic N) is 1. The summed E-state index contributed by atoms with van der Waals surface area (Å²) in [5.74, 6) is -0.140. The molecule has 0 aliphatic carbocycles. The van der Waals surface area contributed by atoms with Crippen LogP contribution in [0.5, 0.6) is 0 Å². The van der Waals surface area contributed by atoms with Crippen LogP contribution in [0.1, 0.15) is 30.1 Å². The lowest BCUT2D eigenvalue weighted by atomic mass is 10.1. The molecule has 2 N–H and O–H groups in total. The van der Waals surface area contributed by atoms with Gasteiger partial charge in [-0.15, -0.1) is 0 Å². The second-order valence-corrected chi connectivity index (χ2v) is 5.64. The summed E-state index contributed by atoms with van der Waals surface area (Å²) in [6.45, 7) is 3.76. The third-order valence-corrected chi connectivity index (χ3v) is 3.69. The van der Waals surface area contributed by atoms with Crippen molar-refractivity contribution < 1.29 is 9.59 Å². The van der Waals surface area contributed by atoms with E-state index in [2.05, 4.69) is 10.6 Å². The van der Waals surface area contributed by atoms with Crippen molar-refractivity contribution in [1.29, 1.82) is 0 Å². The van der Waals surface area contributed by atoms with Crippen molar-refractivity contribution in [3.8, 4) is 0 Å². The zero-order valence-corrected chi connectivity index (χ0v) is 12.7. The quantitative estimate of drug-likeness (QED) is 0.779. The van der Waals surface area contributed by atoms with E-state index >= 15 is 0 Å². The normalized spacial score (nSPS) is 18.0. The van der Waals surface area contributed by atoms with Gasteiger partial charge in [0.15, 0.2) is 5.78 Å². The fourth-order valence-corrected chi connectivity index (χ4v) is 2.69. The molecular weight excluding hydrogens is 266 g/mol. The zero-order valence-electron chi connectivity index (χ0n) is 12.7. The summed E-state index contributed by atoms with van der Waals surface area (Å²) >= 11 is 0. The molecule has 0 aromatic heterocycles. The highest BCUT2D eigenvalue weighted by Crippen LogP contribution is 2.15.